The van der Waals surface area contributed by atoms with E-state index in [0.29, 0.717) is 0 Å². The highest BCUT2D eigenvalue weighted by Crippen LogP contribution is 2.31. The van der Waals surface area contributed by atoms with Crippen LogP contribution >= 0.6 is 23.2 Å². The van der Waals surface area contributed by atoms with E-state index in [0.717, 1.165) is 6.07 Å². The Hall–Kier alpha value is -0.940. The van der Waals surface area contributed by atoms with Crippen LogP contribution in [-0.2, 0) is 0 Å². The lowest BCUT2D eigenvalue weighted by molar-refractivity contribution is 0.0688. The summed E-state index contributed by atoms with van der Waals surface area (Å²) in [6.45, 7) is 0. The maximum atomic E-state index is 12.3. The molecule has 14 heavy (non-hydrogen) atoms. The number of carboxylic acid groups (broad SMARTS) is 1. The molecular formula is C7H3Cl2F2NO2. The molecule has 1 rings (SSSR count). The van der Waals surface area contributed by atoms with Gasteiger partial charge in [-0.25, -0.2) is 18.6 Å². The maximum Gasteiger partial charge on any atom is 0.354 e. The molecule has 0 aliphatic heterocycles. The van der Waals surface area contributed by atoms with Gasteiger partial charge in [0.25, 0.3) is 6.43 Å². The average molecular weight is 242 g/mol. The van der Waals surface area contributed by atoms with Crippen LogP contribution in [0.2, 0.25) is 10.0 Å². The molecule has 0 aromatic carbocycles. The molecule has 1 aromatic rings. The fraction of sp³-hybridized carbons (Fsp3) is 0.143. The molecule has 1 aromatic heterocycles. The summed E-state index contributed by atoms with van der Waals surface area (Å²) >= 11 is 10.8. The zero-order valence-electron chi connectivity index (χ0n) is 6.47. The van der Waals surface area contributed by atoms with Crippen molar-refractivity contribution in [2.24, 2.45) is 0 Å². The Balaban J connectivity index is 3.35. The van der Waals surface area contributed by atoms with E-state index in [-0.39, 0.29) is 5.02 Å². The first-order chi connectivity index (χ1) is 6.43. The van der Waals surface area contributed by atoms with Crippen molar-refractivity contribution in [3.05, 3.63) is 27.5 Å². The molecule has 1 N–H and O–H groups in total. The summed E-state index contributed by atoms with van der Waals surface area (Å²) in [6.07, 6.45) is -2.96. The van der Waals surface area contributed by atoms with Crippen LogP contribution in [0.5, 0.6) is 0 Å². The summed E-state index contributed by atoms with van der Waals surface area (Å²) in [4.78, 5) is 13.6. The quantitative estimate of drug-likeness (QED) is 0.866. The van der Waals surface area contributed by atoms with Crippen LogP contribution in [0.15, 0.2) is 6.07 Å². The second-order valence-electron chi connectivity index (χ2n) is 2.29. The minimum Gasteiger partial charge on any atom is -0.477 e. The first kappa shape index (κ1) is 11.1. The van der Waals surface area contributed by atoms with Crippen molar-refractivity contribution >= 4 is 29.2 Å². The predicted octanol–water partition coefficient (Wildman–Crippen LogP) is 3.02. The largest absolute Gasteiger partial charge is 0.477 e. The molecule has 0 saturated carbocycles. The van der Waals surface area contributed by atoms with Gasteiger partial charge >= 0.3 is 5.97 Å². The Morgan fingerprint density at radius 1 is 1.50 bits per heavy atom. The van der Waals surface area contributed by atoms with Crippen molar-refractivity contribution in [2.75, 3.05) is 0 Å². The summed E-state index contributed by atoms with van der Waals surface area (Å²) in [5.74, 6) is -1.44. The van der Waals surface area contributed by atoms with Gasteiger partial charge < -0.3 is 5.11 Å². The van der Waals surface area contributed by atoms with E-state index < -0.39 is 28.8 Å². The summed E-state index contributed by atoms with van der Waals surface area (Å²) in [7, 11) is 0. The number of nitrogens with zero attached hydrogens (tertiary/aromatic N) is 1. The molecule has 0 saturated heterocycles. The van der Waals surface area contributed by atoms with Crippen molar-refractivity contribution in [3.8, 4) is 0 Å². The molecule has 0 aliphatic rings. The fourth-order valence-corrected chi connectivity index (χ4v) is 1.15. The van der Waals surface area contributed by atoms with E-state index >= 15 is 0 Å². The summed E-state index contributed by atoms with van der Waals surface area (Å²) in [5.41, 5.74) is -1.38. The Morgan fingerprint density at radius 3 is 2.50 bits per heavy atom. The lowest BCUT2D eigenvalue weighted by Crippen LogP contribution is -2.04. The Kier molecular flexibility index (Phi) is 3.23. The van der Waals surface area contributed by atoms with Crippen LogP contribution in [0.1, 0.15) is 22.6 Å². The zero-order valence-corrected chi connectivity index (χ0v) is 7.98. The molecular weight excluding hydrogens is 239 g/mol. The normalized spacial score (nSPS) is 10.6. The molecule has 0 bridgehead atoms. The third kappa shape index (κ3) is 2.10. The van der Waals surface area contributed by atoms with Crippen molar-refractivity contribution in [1.29, 1.82) is 0 Å². The first-order valence-corrected chi connectivity index (χ1v) is 4.06. The van der Waals surface area contributed by atoms with E-state index in [1.54, 1.807) is 0 Å². The molecule has 3 nitrogen and oxygen atoms in total. The molecule has 7 heteroatoms. The highest BCUT2D eigenvalue weighted by Gasteiger charge is 2.20. The van der Waals surface area contributed by atoms with Gasteiger partial charge in [0.15, 0.2) is 0 Å². The van der Waals surface area contributed by atoms with Gasteiger partial charge in [0, 0.05) is 0 Å². The number of pyridine rings is 1. The van der Waals surface area contributed by atoms with Crippen LogP contribution in [0, 0.1) is 0 Å². The van der Waals surface area contributed by atoms with Crippen molar-refractivity contribution in [3.63, 3.8) is 0 Å². The molecule has 0 fully saturated rings. The number of carboxylic acids is 1. The van der Waals surface area contributed by atoms with Gasteiger partial charge in [-0.2, -0.15) is 0 Å². The van der Waals surface area contributed by atoms with Gasteiger partial charge in [-0.1, -0.05) is 23.2 Å². The van der Waals surface area contributed by atoms with E-state index in [9.17, 15) is 13.6 Å². The third-order valence-electron chi connectivity index (χ3n) is 1.36. The first-order valence-electron chi connectivity index (χ1n) is 3.31. The van der Waals surface area contributed by atoms with E-state index in [4.69, 9.17) is 28.3 Å². The Morgan fingerprint density at radius 2 is 2.07 bits per heavy atom. The SMILES string of the molecule is O=C(O)c1cc(Cl)c(Cl)c(C(F)F)n1. The molecule has 0 atom stereocenters. The van der Waals surface area contributed by atoms with Crippen molar-refractivity contribution in [2.45, 2.75) is 6.43 Å². The van der Waals surface area contributed by atoms with Gasteiger partial charge in [0.05, 0.1) is 10.0 Å². The number of rotatable bonds is 2. The third-order valence-corrected chi connectivity index (χ3v) is 2.16. The van der Waals surface area contributed by atoms with Crippen molar-refractivity contribution < 1.29 is 18.7 Å². The monoisotopic (exact) mass is 241 g/mol. The van der Waals surface area contributed by atoms with Crippen LogP contribution in [0.3, 0.4) is 0 Å². The van der Waals surface area contributed by atoms with Crippen LogP contribution < -0.4 is 0 Å². The molecule has 0 spiro atoms. The minimum atomic E-state index is -2.96. The smallest absolute Gasteiger partial charge is 0.354 e. The summed E-state index contributed by atoms with van der Waals surface area (Å²) in [5, 5.41) is 7.82. The predicted molar refractivity (Wildman–Crippen MR) is 46.2 cm³/mol. The van der Waals surface area contributed by atoms with Gasteiger partial charge in [-0.05, 0) is 6.07 Å². The summed E-state index contributed by atoms with van der Waals surface area (Å²) in [6, 6.07) is 0.915. The number of carbonyl (C=O) groups is 1. The standard InChI is InChI=1S/C7H3Cl2F2NO2/c8-2-1-3(7(13)14)12-5(4(2)9)6(10)11/h1,6H,(H,13,14). The van der Waals surface area contributed by atoms with Crippen LogP contribution in [-0.4, -0.2) is 16.1 Å². The molecule has 0 radical (unpaired) electrons. The van der Waals surface area contributed by atoms with Crippen LogP contribution in [0.25, 0.3) is 0 Å². The number of aromatic carboxylic acids is 1. The van der Waals surface area contributed by atoms with E-state index in [2.05, 4.69) is 4.98 Å². The average Bonchev–Trinajstić information content (AvgIpc) is 2.08. The zero-order chi connectivity index (χ0) is 10.9. The second kappa shape index (κ2) is 4.06. The van der Waals surface area contributed by atoms with Crippen molar-refractivity contribution in [1.82, 2.24) is 4.98 Å². The fourth-order valence-electron chi connectivity index (χ4n) is 0.771. The van der Waals surface area contributed by atoms with E-state index in [1.807, 2.05) is 0 Å². The molecule has 0 aliphatic carbocycles. The highest BCUT2D eigenvalue weighted by atomic mass is 35.5. The topological polar surface area (TPSA) is 50.2 Å². The van der Waals surface area contributed by atoms with Gasteiger partial charge in [-0.15, -0.1) is 0 Å². The molecule has 1 heterocycles. The Labute approximate surface area is 87.3 Å². The number of hydrogen-bond acceptors (Lipinski definition) is 2. The minimum absolute atomic E-state index is 0.255. The molecule has 76 valence electrons. The second-order valence-corrected chi connectivity index (χ2v) is 3.08. The lowest BCUT2D eigenvalue weighted by atomic mass is 10.3. The lowest BCUT2D eigenvalue weighted by Gasteiger charge is -2.04. The van der Waals surface area contributed by atoms with Gasteiger partial charge in [-0.3, -0.25) is 0 Å². The number of hydrogen-bond donors (Lipinski definition) is 1. The number of alkyl halides is 2. The van der Waals surface area contributed by atoms with Gasteiger partial charge in [0.2, 0.25) is 0 Å². The highest BCUT2D eigenvalue weighted by molar-refractivity contribution is 6.42. The van der Waals surface area contributed by atoms with Crippen LogP contribution in [0.4, 0.5) is 8.78 Å². The molecule has 0 unspecified atom stereocenters. The molecule has 0 amide bonds. The Bertz CT molecular complexity index is 384. The number of halogens is 4. The summed E-state index contributed by atoms with van der Waals surface area (Å²) < 4.78 is 24.5. The maximum absolute atomic E-state index is 12.3. The van der Waals surface area contributed by atoms with E-state index in [1.165, 1.54) is 0 Å². The number of aromatic nitrogens is 1. The van der Waals surface area contributed by atoms with Gasteiger partial charge in [0.1, 0.15) is 11.4 Å².